The predicted molar refractivity (Wildman–Crippen MR) is 74.6 cm³/mol. The molecular formula is C14H19Cl2N. The Morgan fingerprint density at radius 3 is 2.35 bits per heavy atom. The molecule has 3 heteroatoms. The quantitative estimate of drug-likeness (QED) is 0.756. The first-order chi connectivity index (χ1) is 8.18. The molecule has 1 aromatic rings. The molecule has 1 aliphatic rings. The fraction of sp³-hybridized carbons (Fsp3) is 0.571. The number of nitrogens with two attached hydrogens (primary N) is 1. The van der Waals surface area contributed by atoms with Gasteiger partial charge in [-0.1, -0.05) is 48.9 Å². The van der Waals surface area contributed by atoms with Crippen LogP contribution in [0.1, 0.15) is 50.1 Å². The van der Waals surface area contributed by atoms with E-state index in [1.54, 1.807) is 0 Å². The lowest BCUT2D eigenvalue weighted by Gasteiger charge is -2.23. The molecule has 94 valence electrons. The van der Waals surface area contributed by atoms with E-state index in [1.165, 1.54) is 38.5 Å². The zero-order valence-corrected chi connectivity index (χ0v) is 11.5. The minimum atomic E-state index is 0.0271. The Balaban J connectivity index is 2.16. The lowest BCUT2D eigenvalue weighted by atomic mass is 9.88. The van der Waals surface area contributed by atoms with Crippen LogP contribution in [0.3, 0.4) is 0 Å². The lowest BCUT2D eigenvalue weighted by molar-refractivity contribution is 0.382. The predicted octanol–water partition coefficient (Wildman–Crippen LogP) is 4.96. The Bertz CT molecular complexity index is 370. The largest absolute Gasteiger partial charge is 0.324 e. The van der Waals surface area contributed by atoms with Crippen LogP contribution in [0.25, 0.3) is 0 Å². The third kappa shape index (κ3) is 3.37. The first-order valence-electron chi connectivity index (χ1n) is 6.39. The molecule has 2 rings (SSSR count). The first-order valence-corrected chi connectivity index (χ1v) is 7.14. The van der Waals surface area contributed by atoms with E-state index < -0.39 is 0 Å². The topological polar surface area (TPSA) is 26.0 Å². The fourth-order valence-corrected chi connectivity index (χ4v) is 3.12. The van der Waals surface area contributed by atoms with E-state index in [4.69, 9.17) is 28.9 Å². The Kier molecular flexibility index (Phi) is 4.72. The Hall–Kier alpha value is -0.240. The van der Waals surface area contributed by atoms with Gasteiger partial charge in [-0.05, 0) is 42.5 Å². The van der Waals surface area contributed by atoms with Gasteiger partial charge in [-0.25, -0.2) is 0 Å². The summed E-state index contributed by atoms with van der Waals surface area (Å²) in [6.45, 7) is 0. The van der Waals surface area contributed by atoms with Gasteiger partial charge in [0.1, 0.15) is 0 Å². The summed E-state index contributed by atoms with van der Waals surface area (Å²) >= 11 is 12.2. The van der Waals surface area contributed by atoms with Crippen LogP contribution in [0.5, 0.6) is 0 Å². The maximum absolute atomic E-state index is 6.37. The Morgan fingerprint density at radius 2 is 1.71 bits per heavy atom. The second-order valence-electron chi connectivity index (χ2n) is 4.94. The number of rotatable bonds is 2. The van der Waals surface area contributed by atoms with Gasteiger partial charge in [0.15, 0.2) is 0 Å². The molecule has 1 nitrogen and oxygen atoms in total. The molecular weight excluding hydrogens is 253 g/mol. The van der Waals surface area contributed by atoms with E-state index >= 15 is 0 Å². The summed E-state index contributed by atoms with van der Waals surface area (Å²) in [6, 6.07) is 5.60. The van der Waals surface area contributed by atoms with Crippen molar-refractivity contribution in [2.24, 2.45) is 11.7 Å². The molecule has 1 saturated carbocycles. The monoisotopic (exact) mass is 271 g/mol. The van der Waals surface area contributed by atoms with Gasteiger partial charge in [0.05, 0.1) is 0 Å². The highest BCUT2D eigenvalue weighted by Crippen LogP contribution is 2.35. The Morgan fingerprint density at radius 1 is 1.06 bits per heavy atom. The van der Waals surface area contributed by atoms with Crippen LogP contribution in [0.15, 0.2) is 18.2 Å². The molecule has 0 saturated heterocycles. The highest BCUT2D eigenvalue weighted by molar-refractivity contribution is 6.33. The van der Waals surface area contributed by atoms with Gasteiger partial charge in [-0.3, -0.25) is 0 Å². The average molecular weight is 272 g/mol. The van der Waals surface area contributed by atoms with Gasteiger partial charge in [-0.2, -0.15) is 0 Å². The summed E-state index contributed by atoms with van der Waals surface area (Å²) in [5.74, 6) is 0.550. The molecule has 1 aliphatic carbocycles. The number of halogens is 2. The van der Waals surface area contributed by atoms with Crippen molar-refractivity contribution in [1.82, 2.24) is 0 Å². The van der Waals surface area contributed by atoms with Crippen LogP contribution in [0.4, 0.5) is 0 Å². The SMILES string of the molecule is NC(c1cc(Cl)ccc1Cl)C1CCCCCC1. The summed E-state index contributed by atoms with van der Waals surface area (Å²) in [5, 5.41) is 1.46. The summed E-state index contributed by atoms with van der Waals surface area (Å²) < 4.78 is 0. The van der Waals surface area contributed by atoms with E-state index in [-0.39, 0.29) is 6.04 Å². The number of hydrogen-bond donors (Lipinski definition) is 1. The van der Waals surface area contributed by atoms with Crippen LogP contribution >= 0.6 is 23.2 Å². The van der Waals surface area contributed by atoms with Gasteiger partial charge in [0.2, 0.25) is 0 Å². The van der Waals surface area contributed by atoms with Crippen LogP contribution in [-0.4, -0.2) is 0 Å². The molecule has 0 spiro atoms. The van der Waals surface area contributed by atoms with Crippen molar-refractivity contribution in [2.45, 2.75) is 44.6 Å². The maximum Gasteiger partial charge on any atom is 0.0454 e. The van der Waals surface area contributed by atoms with E-state index in [9.17, 15) is 0 Å². The van der Waals surface area contributed by atoms with Gasteiger partial charge >= 0.3 is 0 Å². The van der Waals surface area contributed by atoms with Crippen LogP contribution in [-0.2, 0) is 0 Å². The highest BCUT2D eigenvalue weighted by atomic mass is 35.5. The molecule has 0 aromatic heterocycles. The fourth-order valence-electron chi connectivity index (χ4n) is 2.69. The second kappa shape index (κ2) is 6.08. The molecule has 1 unspecified atom stereocenters. The molecule has 0 aliphatic heterocycles. The van der Waals surface area contributed by atoms with Crippen molar-refractivity contribution >= 4 is 23.2 Å². The standard InChI is InChI=1S/C14H19Cl2N/c15-11-7-8-13(16)12(9-11)14(17)10-5-3-1-2-4-6-10/h7-10,14H,1-6,17H2. The number of hydrogen-bond acceptors (Lipinski definition) is 1. The molecule has 17 heavy (non-hydrogen) atoms. The highest BCUT2D eigenvalue weighted by Gasteiger charge is 2.22. The zero-order chi connectivity index (χ0) is 12.3. The van der Waals surface area contributed by atoms with Gasteiger partial charge in [0.25, 0.3) is 0 Å². The summed E-state index contributed by atoms with van der Waals surface area (Å²) in [7, 11) is 0. The third-order valence-electron chi connectivity index (χ3n) is 3.72. The van der Waals surface area contributed by atoms with Crippen LogP contribution in [0, 0.1) is 5.92 Å². The lowest BCUT2D eigenvalue weighted by Crippen LogP contribution is -2.21. The Labute approximate surface area is 113 Å². The minimum Gasteiger partial charge on any atom is -0.324 e. The number of benzene rings is 1. The van der Waals surface area contributed by atoms with Crippen molar-refractivity contribution in [3.63, 3.8) is 0 Å². The van der Waals surface area contributed by atoms with E-state index in [2.05, 4.69) is 0 Å². The van der Waals surface area contributed by atoms with Crippen molar-refractivity contribution in [3.05, 3.63) is 33.8 Å². The normalized spacial score (nSPS) is 19.9. The molecule has 1 aromatic carbocycles. The van der Waals surface area contributed by atoms with Crippen molar-refractivity contribution < 1.29 is 0 Å². The van der Waals surface area contributed by atoms with Gasteiger partial charge in [0, 0.05) is 16.1 Å². The van der Waals surface area contributed by atoms with E-state index in [0.717, 1.165) is 10.6 Å². The van der Waals surface area contributed by atoms with Crippen LogP contribution in [0.2, 0.25) is 10.0 Å². The molecule has 0 heterocycles. The maximum atomic E-state index is 6.37. The van der Waals surface area contributed by atoms with Crippen molar-refractivity contribution in [2.75, 3.05) is 0 Å². The molecule has 0 amide bonds. The van der Waals surface area contributed by atoms with Gasteiger partial charge < -0.3 is 5.73 Å². The molecule has 0 radical (unpaired) electrons. The zero-order valence-electron chi connectivity index (χ0n) is 9.96. The molecule has 2 N–H and O–H groups in total. The molecule has 1 atom stereocenters. The third-order valence-corrected chi connectivity index (χ3v) is 4.30. The summed E-state index contributed by atoms with van der Waals surface area (Å²) in [6.07, 6.45) is 7.68. The first kappa shape index (κ1) is 13.2. The smallest absolute Gasteiger partial charge is 0.0454 e. The van der Waals surface area contributed by atoms with E-state index in [1.807, 2.05) is 18.2 Å². The second-order valence-corrected chi connectivity index (χ2v) is 5.79. The van der Waals surface area contributed by atoms with E-state index in [0.29, 0.717) is 10.9 Å². The summed E-state index contributed by atoms with van der Waals surface area (Å²) in [4.78, 5) is 0. The van der Waals surface area contributed by atoms with Crippen molar-refractivity contribution in [1.29, 1.82) is 0 Å². The average Bonchev–Trinajstić information content (AvgIpc) is 2.60. The molecule has 1 fully saturated rings. The van der Waals surface area contributed by atoms with Crippen LogP contribution < -0.4 is 5.73 Å². The summed E-state index contributed by atoms with van der Waals surface area (Å²) in [5.41, 5.74) is 7.37. The van der Waals surface area contributed by atoms with Gasteiger partial charge in [-0.15, -0.1) is 0 Å². The molecule has 0 bridgehead atoms. The van der Waals surface area contributed by atoms with Crippen molar-refractivity contribution in [3.8, 4) is 0 Å². The minimum absolute atomic E-state index is 0.0271.